The first kappa shape index (κ1) is 17.9. The Morgan fingerprint density at radius 3 is 2.00 bits per heavy atom. The van der Waals surface area contributed by atoms with Crippen LogP contribution in [0.5, 0.6) is 0 Å². The Balaban J connectivity index is 2.74. The summed E-state index contributed by atoms with van der Waals surface area (Å²) in [7, 11) is -4.60. The van der Waals surface area contributed by atoms with Gasteiger partial charge in [-0.05, 0) is 41.9 Å². The van der Waals surface area contributed by atoms with Gasteiger partial charge in [-0.15, -0.1) is 0 Å². The van der Waals surface area contributed by atoms with E-state index in [-0.39, 0.29) is 5.69 Å². The highest BCUT2D eigenvalue weighted by Crippen LogP contribution is 2.28. The molecule has 0 heterocycles. The molecule has 2 atom stereocenters. The van der Waals surface area contributed by atoms with Gasteiger partial charge in [-0.3, -0.25) is 4.72 Å². The van der Waals surface area contributed by atoms with E-state index in [4.69, 9.17) is 0 Å². The van der Waals surface area contributed by atoms with Crippen LogP contribution in [-0.4, -0.2) is 14.2 Å². The van der Waals surface area contributed by atoms with E-state index in [9.17, 15) is 17.2 Å². The monoisotopic (exact) mass is 319 g/mol. The zero-order valence-electron chi connectivity index (χ0n) is 12.8. The van der Waals surface area contributed by atoms with Crippen molar-refractivity contribution in [3.8, 4) is 0 Å². The molecule has 0 aromatic heterocycles. The van der Waals surface area contributed by atoms with Crippen molar-refractivity contribution in [1.82, 2.24) is 0 Å². The van der Waals surface area contributed by atoms with Crippen LogP contribution in [0.4, 0.5) is 14.5 Å². The van der Waals surface area contributed by atoms with Crippen LogP contribution >= 0.6 is 0 Å². The average Bonchev–Trinajstić information content (AvgIpc) is 2.38. The molecule has 0 aliphatic heterocycles. The van der Waals surface area contributed by atoms with Gasteiger partial charge in [0, 0.05) is 5.69 Å². The van der Waals surface area contributed by atoms with Crippen LogP contribution < -0.4 is 4.72 Å². The summed E-state index contributed by atoms with van der Waals surface area (Å²) < 4.78 is 48.6. The average molecular weight is 319 g/mol. The molecule has 0 saturated carbocycles. The second-order valence-corrected chi connectivity index (χ2v) is 7.54. The fourth-order valence-corrected chi connectivity index (χ4v) is 2.61. The van der Waals surface area contributed by atoms with Crippen molar-refractivity contribution in [3.05, 3.63) is 29.8 Å². The van der Waals surface area contributed by atoms with E-state index in [1.807, 2.05) is 4.72 Å². The van der Waals surface area contributed by atoms with Crippen LogP contribution in [0.3, 0.4) is 0 Å². The molecule has 21 heavy (non-hydrogen) atoms. The third-order valence-corrected chi connectivity index (χ3v) is 4.83. The van der Waals surface area contributed by atoms with Crippen LogP contribution in [0.15, 0.2) is 24.3 Å². The summed E-state index contributed by atoms with van der Waals surface area (Å²) in [5, 5.41) is 0. The molecule has 0 bridgehead atoms. The van der Waals surface area contributed by atoms with E-state index >= 15 is 0 Å². The molecule has 3 nitrogen and oxygen atoms in total. The summed E-state index contributed by atoms with van der Waals surface area (Å²) in [5.74, 6) is -1.91. The molecule has 2 unspecified atom stereocenters. The van der Waals surface area contributed by atoms with E-state index in [1.54, 1.807) is 12.1 Å². The molecule has 0 amide bonds. The maximum Gasteiger partial charge on any atom is 0.355 e. The van der Waals surface area contributed by atoms with Gasteiger partial charge in [-0.25, -0.2) is 8.42 Å². The van der Waals surface area contributed by atoms with E-state index < -0.39 is 15.8 Å². The van der Waals surface area contributed by atoms with Crippen LogP contribution in [0, 0.1) is 11.8 Å². The highest BCUT2D eigenvalue weighted by molar-refractivity contribution is 7.93. The fourth-order valence-electron chi connectivity index (χ4n) is 2.05. The van der Waals surface area contributed by atoms with Gasteiger partial charge in [-0.1, -0.05) is 39.8 Å². The molecule has 1 aromatic carbocycles. The van der Waals surface area contributed by atoms with Gasteiger partial charge in [0.15, 0.2) is 0 Å². The van der Waals surface area contributed by atoms with Crippen molar-refractivity contribution in [2.75, 3.05) is 4.72 Å². The summed E-state index contributed by atoms with van der Waals surface area (Å²) in [5.41, 5.74) is 1.23. The number of halogens is 2. The van der Waals surface area contributed by atoms with Gasteiger partial charge in [0.2, 0.25) is 0 Å². The lowest BCUT2D eigenvalue weighted by molar-refractivity contribution is 0.236. The van der Waals surface area contributed by atoms with E-state index in [2.05, 4.69) is 27.7 Å². The standard InChI is InChI=1S/C15H23F2NO2S/c1-10(2)11(3)9-12(4)13-5-7-14(8-6-13)18-21(19,20)15(16)17/h5-8,10-12,15,18H,9H2,1-4H3. The minimum Gasteiger partial charge on any atom is -0.279 e. The Morgan fingerprint density at radius 1 is 1.05 bits per heavy atom. The van der Waals surface area contributed by atoms with Crippen molar-refractivity contribution in [2.24, 2.45) is 11.8 Å². The molecule has 0 fully saturated rings. The third kappa shape index (κ3) is 5.26. The molecule has 0 radical (unpaired) electrons. The van der Waals surface area contributed by atoms with Gasteiger partial charge >= 0.3 is 5.76 Å². The van der Waals surface area contributed by atoms with Crippen molar-refractivity contribution >= 4 is 15.7 Å². The predicted octanol–water partition coefficient (Wildman–Crippen LogP) is 4.44. The van der Waals surface area contributed by atoms with E-state index in [0.717, 1.165) is 12.0 Å². The largest absolute Gasteiger partial charge is 0.355 e. The molecule has 1 N–H and O–H groups in total. The summed E-state index contributed by atoms with van der Waals surface area (Å²) in [6.07, 6.45) is 1.03. The van der Waals surface area contributed by atoms with Crippen LogP contribution in [0.1, 0.15) is 45.6 Å². The fraction of sp³-hybridized carbons (Fsp3) is 0.600. The number of sulfonamides is 1. The number of nitrogens with one attached hydrogen (secondary N) is 1. The summed E-state index contributed by atoms with van der Waals surface area (Å²) >= 11 is 0. The minimum absolute atomic E-state index is 0.156. The topological polar surface area (TPSA) is 46.2 Å². The normalized spacial score (nSPS) is 15.2. The maximum atomic E-state index is 12.3. The van der Waals surface area contributed by atoms with Gasteiger partial charge in [0.1, 0.15) is 0 Å². The first-order chi connectivity index (χ1) is 9.63. The van der Waals surface area contributed by atoms with Crippen LogP contribution in [0.2, 0.25) is 0 Å². The molecule has 0 spiro atoms. The van der Waals surface area contributed by atoms with Gasteiger partial charge in [0.05, 0.1) is 0 Å². The summed E-state index contributed by atoms with van der Waals surface area (Å²) in [4.78, 5) is 0. The van der Waals surface area contributed by atoms with Crippen molar-refractivity contribution in [3.63, 3.8) is 0 Å². The third-order valence-electron chi connectivity index (χ3n) is 3.84. The lowest BCUT2D eigenvalue weighted by Crippen LogP contribution is -2.20. The number of anilines is 1. The lowest BCUT2D eigenvalue weighted by atomic mass is 9.85. The first-order valence-electron chi connectivity index (χ1n) is 7.03. The van der Waals surface area contributed by atoms with Crippen molar-refractivity contribution in [2.45, 2.75) is 45.8 Å². The second kappa shape index (κ2) is 7.20. The van der Waals surface area contributed by atoms with Crippen LogP contribution in [0.25, 0.3) is 0 Å². The first-order valence-corrected chi connectivity index (χ1v) is 8.58. The number of hydrogen-bond acceptors (Lipinski definition) is 2. The Hall–Kier alpha value is -1.17. The molecule has 0 saturated heterocycles. The Kier molecular flexibility index (Phi) is 6.13. The molecular formula is C15H23F2NO2S. The quantitative estimate of drug-likeness (QED) is 0.808. The molecule has 0 aliphatic rings. The molecule has 120 valence electrons. The minimum atomic E-state index is -4.60. The number of benzene rings is 1. The van der Waals surface area contributed by atoms with Gasteiger partial charge < -0.3 is 0 Å². The Morgan fingerprint density at radius 2 is 1.57 bits per heavy atom. The highest BCUT2D eigenvalue weighted by atomic mass is 32.2. The zero-order chi connectivity index (χ0) is 16.2. The number of rotatable bonds is 7. The smallest absolute Gasteiger partial charge is 0.279 e. The predicted molar refractivity (Wildman–Crippen MR) is 82.0 cm³/mol. The maximum absolute atomic E-state index is 12.3. The number of hydrogen-bond donors (Lipinski definition) is 1. The molecule has 0 aliphatic carbocycles. The Bertz CT molecular complexity index is 541. The Labute approximate surface area is 125 Å². The second-order valence-electron chi connectivity index (χ2n) is 5.89. The van der Waals surface area contributed by atoms with Gasteiger partial charge in [-0.2, -0.15) is 8.78 Å². The molecule has 6 heteroatoms. The highest BCUT2D eigenvalue weighted by Gasteiger charge is 2.23. The molecule has 1 rings (SSSR count). The lowest BCUT2D eigenvalue weighted by Gasteiger charge is -2.20. The van der Waals surface area contributed by atoms with Gasteiger partial charge in [0.25, 0.3) is 10.0 Å². The molecule has 1 aromatic rings. The van der Waals surface area contributed by atoms with Crippen LogP contribution in [-0.2, 0) is 10.0 Å². The van der Waals surface area contributed by atoms with E-state index in [0.29, 0.717) is 17.8 Å². The van der Waals surface area contributed by atoms with Crippen molar-refractivity contribution in [1.29, 1.82) is 0 Å². The SMILES string of the molecule is CC(CC(C)C(C)C)c1ccc(NS(=O)(=O)C(F)F)cc1. The van der Waals surface area contributed by atoms with Crippen molar-refractivity contribution < 1.29 is 17.2 Å². The zero-order valence-corrected chi connectivity index (χ0v) is 13.6. The summed E-state index contributed by atoms with van der Waals surface area (Å²) in [6.45, 7) is 8.67. The van der Waals surface area contributed by atoms with E-state index in [1.165, 1.54) is 12.1 Å². The summed E-state index contributed by atoms with van der Waals surface area (Å²) in [6, 6.07) is 6.60. The number of alkyl halides is 2. The molecular weight excluding hydrogens is 296 g/mol.